The molecule has 2 aromatic carbocycles. The molecule has 0 saturated heterocycles. The SMILES string of the molecule is C(CNC/C=C1/CCc2ccc3c(c21)CCO3)=C1CCc2ccc3c(c21)CCO3. The highest BCUT2D eigenvalue weighted by Crippen LogP contribution is 2.42. The smallest absolute Gasteiger partial charge is 0.123 e. The zero-order valence-electron chi connectivity index (χ0n) is 16.9. The van der Waals surface area contributed by atoms with E-state index in [1.165, 1.54) is 57.4 Å². The van der Waals surface area contributed by atoms with E-state index in [1.807, 2.05) is 0 Å². The largest absolute Gasteiger partial charge is 0.493 e. The summed E-state index contributed by atoms with van der Waals surface area (Å²) in [5, 5.41) is 3.62. The van der Waals surface area contributed by atoms with E-state index in [9.17, 15) is 0 Å². The summed E-state index contributed by atoms with van der Waals surface area (Å²) in [6.07, 6.45) is 11.6. The standard InChI is InChI=1S/C26H27NO2/c1-3-19(25-17(1)5-7-23-21(25)11-15-28-23)9-13-27-14-10-20-4-2-18-6-8-24-22(26(18)20)12-16-29-24/h5-10,27H,1-4,11-16H2/b19-9-,20-10?. The number of fused-ring (bicyclic) bond motifs is 6. The van der Waals surface area contributed by atoms with E-state index in [0.29, 0.717) is 0 Å². The van der Waals surface area contributed by atoms with Gasteiger partial charge in [0, 0.05) is 37.1 Å². The summed E-state index contributed by atoms with van der Waals surface area (Å²) in [6, 6.07) is 8.85. The summed E-state index contributed by atoms with van der Waals surface area (Å²) in [4.78, 5) is 0. The normalized spacial score (nSPS) is 21.1. The van der Waals surface area contributed by atoms with Crippen LogP contribution < -0.4 is 14.8 Å². The molecule has 0 unspecified atom stereocenters. The second-order valence-electron chi connectivity index (χ2n) is 8.47. The van der Waals surface area contributed by atoms with Crippen LogP contribution in [0.3, 0.4) is 0 Å². The van der Waals surface area contributed by atoms with E-state index in [1.54, 1.807) is 0 Å². The van der Waals surface area contributed by atoms with Gasteiger partial charge >= 0.3 is 0 Å². The van der Waals surface area contributed by atoms with Crippen molar-refractivity contribution in [1.29, 1.82) is 0 Å². The van der Waals surface area contributed by atoms with Crippen molar-refractivity contribution in [3.8, 4) is 11.5 Å². The third-order valence-electron chi connectivity index (χ3n) is 6.89. The average molecular weight is 386 g/mol. The molecule has 2 aliphatic heterocycles. The summed E-state index contributed by atoms with van der Waals surface area (Å²) in [5.41, 5.74) is 11.9. The molecule has 3 heteroatoms. The number of aryl methyl sites for hydroxylation is 2. The van der Waals surface area contributed by atoms with E-state index < -0.39 is 0 Å². The Morgan fingerprint density at radius 3 is 1.69 bits per heavy atom. The first-order valence-corrected chi connectivity index (χ1v) is 11.0. The minimum Gasteiger partial charge on any atom is -0.493 e. The Morgan fingerprint density at radius 1 is 0.655 bits per heavy atom. The van der Waals surface area contributed by atoms with Crippen molar-refractivity contribution in [1.82, 2.24) is 5.32 Å². The van der Waals surface area contributed by atoms with Crippen LogP contribution in [0.2, 0.25) is 0 Å². The van der Waals surface area contributed by atoms with Crippen LogP contribution in [-0.4, -0.2) is 26.3 Å². The van der Waals surface area contributed by atoms with Crippen molar-refractivity contribution in [3.05, 3.63) is 69.8 Å². The van der Waals surface area contributed by atoms with E-state index in [0.717, 1.165) is 63.5 Å². The molecule has 0 bridgehead atoms. The van der Waals surface area contributed by atoms with Gasteiger partial charge in [-0.15, -0.1) is 0 Å². The topological polar surface area (TPSA) is 30.5 Å². The van der Waals surface area contributed by atoms with Crippen LogP contribution in [0.15, 0.2) is 36.4 Å². The fourth-order valence-electron chi connectivity index (χ4n) is 5.54. The second-order valence-corrected chi connectivity index (χ2v) is 8.47. The summed E-state index contributed by atoms with van der Waals surface area (Å²) in [6.45, 7) is 3.51. The average Bonchev–Trinajstić information content (AvgIpc) is 3.51. The van der Waals surface area contributed by atoms with Gasteiger partial charge in [0.1, 0.15) is 11.5 Å². The molecule has 29 heavy (non-hydrogen) atoms. The molecule has 0 atom stereocenters. The number of ether oxygens (including phenoxy) is 2. The lowest BCUT2D eigenvalue weighted by Crippen LogP contribution is -2.14. The Morgan fingerprint density at radius 2 is 1.17 bits per heavy atom. The van der Waals surface area contributed by atoms with Gasteiger partial charge in [0.2, 0.25) is 0 Å². The highest BCUT2D eigenvalue weighted by Gasteiger charge is 2.26. The maximum Gasteiger partial charge on any atom is 0.123 e. The molecular weight excluding hydrogens is 358 g/mol. The van der Waals surface area contributed by atoms with Crippen LogP contribution in [0.1, 0.15) is 46.2 Å². The number of benzene rings is 2. The second kappa shape index (κ2) is 7.07. The van der Waals surface area contributed by atoms with Crippen molar-refractivity contribution >= 4 is 11.1 Å². The lowest BCUT2D eigenvalue weighted by atomic mass is 9.98. The van der Waals surface area contributed by atoms with Gasteiger partial charge in [-0.1, -0.05) is 24.3 Å². The van der Waals surface area contributed by atoms with Crippen LogP contribution in [0.25, 0.3) is 11.1 Å². The predicted octanol–water partition coefficient (Wildman–Crippen LogP) is 4.51. The summed E-state index contributed by atoms with van der Waals surface area (Å²) in [5.74, 6) is 2.20. The number of hydrogen-bond acceptors (Lipinski definition) is 3. The molecule has 2 aliphatic carbocycles. The molecule has 148 valence electrons. The number of allylic oxidation sites excluding steroid dienone is 2. The third-order valence-corrected chi connectivity index (χ3v) is 6.89. The number of hydrogen-bond donors (Lipinski definition) is 1. The van der Waals surface area contributed by atoms with Gasteiger partial charge in [-0.2, -0.15) is 0 Å². The van der Waals surface area contributed by atoms with Crippen LogP contribution in [-0.2, 0) is 25.7 Å². The molecule has 4 aliphatic rings. The molecule has 2 aromatic rings. The summed E-state index contributed by atoms with van der Waals surface area (Å²) < 4.78 is 11.5. The summed E-state index contributed by atoms with van der Waals surface area (Å²) in [7, 11) is 0. The minimum absolute atomic E-state index is 0.834. The fraction of sp³-hybridized carbons (Fsp3) is 0.385. The Hall–Kier alpha value is -2.52. The van der Waals surface area contributed by atoms with E-state index in [-0.39, 0.29) is 0 Å². The minimum atomic E-state index is 0.834. The lowest BCUT2D eigenvalue weighted by molar-refractivity contribution is 0.356. The Balaban J connectivity index is 1.14. The molecule has 6 rings (SSSR count). The van der Waals surface area contributed by atoms with Crippen LogP contribution in [0, 0.1) is 0 Å². The van der Waals surface area contributed by atoms with E-state index in [2.05, 4.69) is 41.7 Å². The molecule has 0 aromatic heterocycles. The highest BCUT2D eigenvalue weighted by molar-refractivity contribution is 5.78. The predicted molar refractivity (Wildman–Crippen MR) is 117 cm³/mol. The molecule has 1 N–H and O–H groups in total. The van der Waals surface area contributed by atoms with Gasteiger partial charge in [-0.25, -0.2) is 0 Å². The number of nitrogens with one attached hydrogen (secondary N) is 1. The van der Waals surface area contributed by atoms with Crippen LogP contribution >= 0.6 is 0 Å². The Kier molecular flexibility index (Phi) is 4.23. The van der Waals surface area contributed by atoms with E-state index in [4.69, 9.17) is 9.47 Å². The van der Waals surface area contributed by atoms with Gasteiger partial charge in [-0.05, 0) is 71.2 Å². The summed E-state index contributed by atoms with van der Waals surface area (Å²) >= 11 is 0. The monoisotopic (exact) mass is 385 g/mol. The van der Waals surface area contributed by atoms with Crippen molar-refractivity contribution < 1.29 is 9.47 Å². The maximum absolute atomic E-state index is 5.77. The van der Waals surface area contributed by atoms with Gasteiger partial charge in [-0.3, -0.25) is 0 Å². The Labute approximate surface area is 172 Å². The van der Waals surface area contributed by atoms with Crippen LogP contribution in [0.4, 0.5) is 0 Å². The van der Waals surface area contributed by atoms with Crippen molar-refractivity contribution in [2.75, 3.05) is 26.3 Å². The maximum atomic E-state index is 5.77. The zero-order valence-corrected chi connectivity index (χ0v) is 16.9. The first kappa shape index (κ1) is 17.3. The van der Waals surface area contributed by atoms with Gasteiger partial charge < -0.3 is 14.8 Å². The fourth-order valence-corrected chi connectivity index (χ4v) is 5.54. The van der Waals surface area contributed by atoms with Gasteiger partial charge in [0.25, 0.3) is 0 Å². The highest BCUT2D eigenvalue weighted by atomic mass is 16.5. The molecule has 0 radical (unpaired) electrons. The van der Waals surface area contributed by atoms with Crippen molar-refractivity contribution in [2.45, 2.75) is 38.5 Å². The zero-order chi connectivity index (χ0) is 19.2. The van der Waals surface area contributed by atoms with Crippen molar-refractivity contribution in [3.63, 3.8) is 0 Å². The third kappa shape index (κ3) is 2.91. The quantitative estimate of drug-likeness (QED) is 0.786. The van der Waals surface area contributed by atoms with Gasteiger partial charge in [0.15, 0.2) is 0 Å². The van der Waals surface area contributed by atoms with Gasteiger partial charge in [0.05, 0.1) is 13.2 Å². The molecule has 0 amide bonds. The molecule has 3 nitrogen and oxygen atoms in total. The first-order chi connectivity index (χ1) is 14.4. The molecule has 0 saturated carbocycles. The molecular formula is C26H27NO2. The Bertz CT molecular complexity index is 964. The van der Waals surface area contributed by atoms with Crippen molar-refractivity contribution in [2.24, 2.45) is 0 Å². The molecule has 0 fully saturated rings. The number of rotatable bonds is 4. The van der Waals surface area contributed by atoms with E-state index >= 15 is 0 Å². The molecule has 0 spiro atoms. The molecule has 2 heterocycles. The van der Waals surface area contributed by atoms with Crippen LogP contribution in [0.5, 0.6) is 11.5 Å². The first-order valence-electron chi connectivity index (χ1n) is 11.0. The lowest BCUT2D eigenvalue weighted by Gasteiger charge is -2.09.